The van der Waals surface area contributed by atoms with Gasteiger partial charge in [0.25, 0.3) is 0 Å². The van der Waals surface area contributed by atoms with Gasteiger partial charge in [0.05, 0.1) is 8.07 Å². The number of fused-ring (bicyclic) bond motifs is 8. The van der Waals surface area contributed by atoms with Crippen LogP contribution in [0, 0.1) is 215 Å². The Hall–Kier alpha value is 2.33. The molecule has 19 unspecified atom stereocenters. The third kappa shape index (κ3) is 43.5. The fourth-order valence-corrected chi connectivity index (χ4v) is 33.9. The van der Waals surface area contributed by atoms with E-state index in [-0.39, 0.29) is 90.5 Å². The summed E-state index contributed by atoms with van der Waals surface area (Å²) in [6.07, 6.45) is 102. The first-order chi connectivity index (χ1) is 64.1. The maximum atomic E-state index is 4.93. The topological polar surface area (TPSA) is 0 Å². The summed E-state index contributed by atoms with van der Waals surface area (Å²) in [6, 6.07) is 23.4. The molecular formula is C127H202Cl10SiZr5. The molecule has 0 nitrogen and oxygen atoms in total. The second-order valence-electron chi connectivity index (χ2n) is 44.9. The van der Waals surface area contributed by atoms with E-state index in [9.17, 15) is 0 Å². The Morgan fingerprint density at radius 2 is 0.622 bits per heavy atom. The first kappa shape index (κ1) is 149. The van der Waals surface area contributed by atoms with Crippen LogP contribution >= 0.6 is 85.1 Å². The van der Waals surface area contributed by atoms with Crippen LogP contribution in [-0.2, 0) is 110 Å². The van der Waals surface area contributed by atoms with E-state index in [4.69, 9.17) is 85.1 Å². The molecule has 0 spiro atoms. The van der Waals surface area contributed by atoms with Crippen LogP contribution in [0.5, 0.6) is 0 Å². The van der Waals surface area contributed by atoms with Crippen molar-refractivity contribution in [3.8, 4) is 0 Å². The van der Waals surface area contributed by atoms with Crippen molar-refractivity contribution in [3.63, 3.8) is 0 Å². The van der Waals surface area contributed by atoms with Gasteiger partial charge in [-0.05, 0) is 290 Å². The quantitative estimate of drug-likeness (QED) is 0.123. The molecule has 0 bridgehead atoms. The average molecular weight is 2570 g/mol. The second kappa shape index (κ2) is 79.3. The van der Waals surface area contributed by atoms with Crippen LogP contribution in [0.1, 0.15) is 326 Å². The predicted octanol–water partition coefficient (Wildman–Crippen LogP) is 46.0. The molecule has 16 heteroatoms. The molecule has 19 rings (SSSR count). The fraction of sp³-hybridized carbons (Fsp3) is 0.606. The van der Waals surface area contributed by atoms with Gasteiger partial charge in [-0.2, -0.15) is 0 Å². The Kier molecular flexibility index (Phi) is 82.9. The van der Waals surface area contributed by atoms with Gasteiger partial charge in [0, 0.05) is 5.41 Å². The number of hydrogen-bond acceptors (Lipinski definition) is 0. The van der Waals surface area contributed by atoms with Gasteiger partial charge in [-0.25, -0.2) is 0 Å². The van der Waals surface area contributed by atoms with Gasteiger partial charge in [-0.15, -0.1) is 0 Å². The number of rotatable bonds is 15. The average Bonchev–Trinajstić information content (AvgIpc) is 1.54. The van der Waals surface area contributed by atoms with E-state index in [1.165, 1.54) is 241 Å². The van der Waals surface area contributed by atoms with Gasteiger partial charge in [0.1, 0.15) is 0 Å². The number of unbranched alkanes of at least 4 members (excludes halogenated alkanes) is 2. The molecule has 0 saturated heterocycles. The zero-order valence-corrected chi connectivity index (χ0v) is 116. The Bertz CT molecular complexity index is 3860. The number of benzene rings is 2. The van der Waals surface area contributed by atoms with Crippen molar-refractivity contribution >= 4 is 93.2 Å². The summed E-state index contributed by atoms with van der Waals surface area (Å²) in [5.41, 5.74) is 15.1. The molecule has 2 aromatic carbocycles. The first-order valence-electron chi connectivity index (χ1n) is 52.6. The second-order valence-corrected chi connectivity index (χ2v) is 68.7. The molecule has 0 radical (unpaired) electrons. The number of halogens is 10. The summed E-state index contributed by atoms with van der Waals surface area (Å²) in [5.74, 6) is 17.9. The van der Waals surface area contributed by atoms with Crippen LogP contribution < -0.4 is 0 Å². The zero-order chi connectivity index (χ0) is 96.7. The first-order valence-corrected chi connectivity index (χ1v) is 87.4. The molecule has 19 atom stereocenters. The van der Waals surface area contributed by atoms with Gasteiger partial charge in [0.15, 0.2) is 0 Å². The SMILES string of the molecule is C1=CC2CCC(CCC3CCC4C=CC=CC43)C2C=C1.C1=CC2CCCC2C=C1.C1=CC2CCCC2C=C1.CC(C)(C)C1=CC2C(C=C1)C1C=CC(C(C)(C)C)=CC1C2C(c1ccccc1)(c1ccccc1)C1CCCC1.CC1=C(C)C2C(C)C(C)C([Si](C)(C)C3CCCC3)C2C(C)=C1C.CCCCC1CCCC1.CCCCC1CCCC1.[CH3-].[CH3-].[CH3-].[CH3-].[CH3-].[CH3-].[CH3-].[CH3-].[CH3-].[CH3-].[Cl][Zr+2][Cl].[Cl][Zr+2][Cl].[Cl][Zr+2][Cl].[Cl][Zr+2][Cl].[Cl][Zr+2][Cl]. The van der Waals surface area contributed by atoms with Crippen molar-refractivity contribution in [2.45, 2.75) is 345 Å². The molecule has 17 aliphatic carbocycles. The summed E-state index contributed by atoms with van der Waals surface area (Å²) in [4.78, 5) is 0. The summed E-state index contributed by atoms with van der Waals surface area (Å²) >= 11 is -4.13. The van der Waals surface area contributed by atoms with Crippen LogP contribution in [0.15, 0.2) is 228 Å². The number of hydrogen-bond donors (Lipinski definition) is 0. The van der Waals surface area contributed by atoms with Crippen molar-refractivity contribution in [2.24, 2.45) is 141 Å². The Morgan fingerprint density at radius 3 is 0.944 bits per heavy atom. The van der Waals surface area contributed by atoms with Crippen LogP contribution in [0.2, 0.25) is 24.2 Å². The molecule has 0 aromatic heterocycles. The molecule has 10 fully saturated rings. The summed E-state index contributed by atoms with van der Waals surface area (Å²) in [6.45, 7) is 39.2. The van der Waals surface area contributed by atoms with Crippen molar-refractivity contribution < 1.29 is 104 Å². The number of allylic oxidation sites excluding steroid dienone is 28. The fourth-order valence-electron chi connectivity index (χ4n) is 28.4. The van der Waals surface area contributed by atoms with E-state index in [1.54, 1.807) is 22.3 Å². The van der Waals surface area contributed by atoms with E-state index < -0.39 is 112 Å². The van der Waals surface area contributed by atoms with Crippen LogP contribution in [0.25, 0.3) is 0 Å². The van der Waals surface area contributed by atoms with E-state index in [0.717, 1.165) is 106 Å². The summed E-state index contributed by atoms with van der Waals surface area (Å²) in [7, 11) is 48.1. The minimum absolute atomic E-state index is 0. The maximum absolute atomic E-state index is 4.93. The van der Waals surface area contributed by atoms with E-state index >= 15 is 0 Å². The minimum atomic E-state index is -1.23. The molecule has 0 amide bonds. The Morgan fingerprint density at radius 1 is 0.322 bits per heavy atom. The van der Waals surface area contributed by atoms with Crippen molar-refractivity contribution in [2.75, 3.05) is 0 Å². The third-order valence-corrected chi connectivity index (χ3v) is 40.8. The summed E-state index contributed by atoms with van der Waals surface area (Å²) in [5, 5.41) is 0. The molecule has 0 heterocycles. The van der Waals surface area contributed by atoms with Gasteiger partial charge in [-0.1, -0.05) is 429 Å². The Balaban J connectivity index is -0.00000164. The zero-order valence-electron chi connectivity index (χ0n) is 94.7. The van der Waals surface area contributed by atoms with Gasteiger partial charge >= 0.3 is 189 Å². The van der Waals surface area contributed by atoms with Crippen LogP contribution in [-0.4, -0.2) is 8.07 Å². The third-order valence-electron chi connectivity index (χ3n) is 35.5. The summed E-state index contributed by atoms with van der Waals surface area (Å²) < 4.78 is 0. The normalized spacial score (nSPS) is 28.5. The van der Waals surface area contributed by atoms with Gasteiger partial charge in [0.2, 0.25) is 0 Å². The van der Waals surface area contributed by atoms with E-state index in [1.807, 2.05) is 0 Å². The monoisotopic (exact) mass is 2550 g/mol. The molecule has 0 aliphatic heterocycles. The molecule has 143 heavy (non-hydrogen) atoms. The molecule has 0 N–H and O–H groups in total. The van der Waals surface area contributed by atoms with E-state index in [2.05, 4.69) is 304 Å². The standard InChI is InChI=1S/C39H48.C22H38Si.C20H26.2C9H12.2C9H18.10CH3.10ClH.5Zr/c1-37(2,3)30-21-23-32-33-24-22-31(38(4,5)6)26-35(33)36(34(32)25-30)39(29-19-13-14-20-29,27-15-9-7-10-16-27)28-17-11-8-12-18-28;1-13-14(2)16(4)21-20(15(13)3)17(5)18(6)22(21)23(7,8)19-11-9-10-12-19;1-3-7-19-15(5-1)9-11-17(19)13-14-18-12-10-16-6-2-4-8-20(16)18;2*1-2-5-9-7-3-6-8(9)4-1;2*1-2-3-6-9-7-4-5-8-9;;;;;;;;;;;;;;;;;;;;;;;;;/h7-12,15-18,21-26,29,32-36H,13-14,19-20H2,1-6H3;17-22H,9-12H2,1-8H3;1-8,15-20H,9-14H2;2*1-2,4-5,8-9H,3,6-7H2;2*9H,2-8H2,1H3;10*1H3;10*1H;;;;;/q;;;;;;;10*-1;;;;;;;;;;;5*+4/p-10. The van der Waals surface area contributed by atoms with Crippen molar-refractivity contribution in [3.05, 3.63) is 313 Å². The molecule has 804 valence electrons. The molecule has 2 aromatic rings. The van der Waals surface area contributed by atoms with Gasteiger partial charge in [-0.3, -0.25) is 0 Å². The molecular weight excluding hydrogens is 2360 g/mol. The van der Waals surface area contributed by atoms with Crippen LogP contribution in [0.3, 0.4) is 0 Å². The Labute approximate surface area is 983 Å². The van der Waals surface area contributed by atoms with Gasteiger partial charge < -0.3 is 74.3 Å². The van der Waals surface area contributed by atoms with E-state index in [0.29, 0.717) is 35.5 Å². The molecule has 10 saturated carbocycles. The van der Waals surface area contributed by atoms with Crippen molar-refractivity contribution in [1.82, 2.24) is 0 Å². The van der Waals surface area contributed by atoms with Crippen molar-refractivity contribution in [1.29, 1.82) is 0 Å². The van der Waals surface area contributed by atoms with Crippen LogP contribution in [0.4, 0.5) is 0 Å². The molecule has 17 aliphatic rings. The predicted molar refractivity (Wildman–Crippen MR) is 641 cm³/mol.